The zero-order valence-corrected chi connectivity index (χ0v) is 19.5. The Kier molecular flexibility index (Phi) is 6.81. The molecule has 2 fully saturated rings. The van der Waals surface area contributed by atoms with Gasteiger partial charge in [0.1, 0.15) is 4.90 Å². The van der Waals surface area contributed by atoms with Crippen molar-refractivity contribution >= 4 is 21.9 Å². The molecule has 0 radical (unpaired) electrons. The third-order valence-corrected chi connectivity index (χ3v) is 8.79. The van der Waals surface area contributed by atoms with E-state index in [2.05, 4.69) is 4.98 Å². The summed E-state index contributed by atoms with van der Waals surface area (Å²) in [7, 11) is -2.20. The van der Waals surface area contributed by atoms with Gasteiger partial charge in [0.2, 0.25) is 15.9 Å². The summed E-state index contributed by atoms with van der Waals surface area (Å²) in [6, 6.07) is 12.7. The number of rotatable bonds is 5. The summed E-state index contributed by atoms with van der Waals surface area (Å²) in [6.07, 6.45) is 4.86. The highest BCUT2D eigenvalue weighted by molar-refractivity contribution is 7.89. The van der Waals surface area contributed by atoms with Crippen molar-refractivity contribution in [2.45, 2.75) is 36.0 Å². The third kappa shape index (κ3) is 4.52. The second-order valence-corrected chi connectivity index (χ2v) is 10.6. The molecule has 8 nitrogen and oxygen atoms in total. The van der Waals surface area contributed by atoms with Crippen molar-refractivity contribution in [2.24, 2.45) is 5.92 Å². The van der Waals surface area contributed by atoms with Gasteiger partial charge in [-0.3, -0.25) is 14.6 Å². The van der Waals surface area contributed by atoms with E-state index in [0.717, 1.165) is 5.56 Å². The van der Waals surface area contributed by atoms with E-state index >= 15 is 0 Å². The molecular formula is C24H29N3O5S. The van der Waals surface area contributed by atoms with Crippen LogP contribution in [-0.4, -0.2) is 67.8 Å². The van der Waals surface area contributed by atoms with Gasteiger partial charge in [-0.05, 0) is 43.4 Å². The number of hydrogen-bond acceptors (Lipinski definition) is 6. The van der Waals surface area contributed by atoms with Gasteiger partial charge >= 0.3 is 5.97 Å². The smallest absolute Gasteiger partial charge is 0.316 e. The predicted molar refractivity (Wildman–Crippen MR) is 122 cm³/mol. The number of pyridine rings is 1. The second kappa shape index (κ2) is 9.61. The lowest BCUT2D eigenvalue weighted by atomic mass is 9.72. The Hall–Kier alpha value is -2.78. The fourth-order valence-corrected chi connectivity index (χ4v) is 6.36. The number of methoxy groups -OCH3 is 1. The summed E-state index contributed by atoms with van der Waals surface area (Å²) in [6.45, 7) is 1.54. The van der Waals surface area contributed by atoms with Gasteiger partial charge in [0.25, 0.3) is 0 Å². The molecule has 2 aliphatic heterocycles. The van der Waals surface area contributed by atoms with Gasteiger partial charge in [-0.25, -0.2) is 8.42 Å². The molecule has 0 saturated carbocycles. The Morgan fingerprint density at radius 3 is 2.24 bits per heavy atom. The van der Waals surface area contributed by atoms with Gasteiger partial charge < -0.3 is 9.64 Å². The summed E-state index contributed by atoms with van der Waals surface area (Å²) in [5.41, 5.74) is 0.173. The topological polar surface area (TPSA) is 96.9 Å². The van der Waals surface area contributed by atoms with Crippen molar-refractivity contribution in [3.8, 4) is 0 Å². The summed E-state index contributed by atoms with van der Waals surface area (Å²) >= 11 is 0. The van der Waals surface area contributed by atoms with E-state index in [9.17, 15) is 18.0 Å². The number of carbonyl (C=O) groups excluding carboxylic acids is 2. The molecule has 3 heterocycles. The molecule has 4 rings (SSSR count). The van der Waals surface area contributed by atoms with Crippen LogP contribution in [0.4, 0.5) is 0 Å². The number of aromatic nitrogens is 1. The lowest BCUT2D eigenvalue weighted by Gasteiger charge is -2.41. The van der Waals surface area contributed by atoms with Crippen LogP contribution in [0.15, 0.2) is 59.8 Å². The summed E-state index contributed by atoms with van der Waals surface area (Å²) < 4.78 is 32.2. The van der Waals surface area contributed by atoms with Crippen LogP contribution < -0.4 is 0 Å². The van der Waals surface area contributed by atoms with Crippen molar-refractivity contribution < 1.29 is 22.7 Å². The fourth-order valence-electron chi connectivity index (χ4n) is 4.92. The quantitative estimate of drug-likeness (QED) is 0.621. The molecule has 9 heteroatoms. The first-order valence-electron chi connectivity index (χ1n) is 11.2. The molecule has 1 amide bonds. The largest absolute Gasteiger partial charge is 0.468 e. The molecule has 33 heavy (non-hydrogen) atoms. The molecule has 0 aliphatic carbocycles. The van der Waals surface area contributed by atoms with Gasteiger partial charge in [-0.2, -0.15) is 4.31 Å². The number of carbonyl (C=O) groups is 2. The molecule has 1 aromatic carbocycles. The van der Waals surface area contributed by atoms with E-state index in [0.29, 0.717) is 51.9 Å². The molecule has 2 aliphatic rings. The molecule has 0 spiro atoms. The van der Waals surface area contributed by atoms with Crippen LogP contribution in [0.3, 0.4) is 0 Å². The van der Waals surface area contributed by atoms with E-state index in [1.54, 1.807) is 6.07 Å². The van der Waals surface area contributed by atoms with Crippen LogP contribution >= 0.6 is 0 Å². The minimum absolute atomic E-state index is 0.0416. The number of nitrogens with zero attached hydrogens (tertiary/aromatic N) is 3. The standard InChI is InChI=1S/C24H29N3O5S/c1-32-23(29)24(20-6-3-2-4-7-20)11-16-26(17-12-24)22(28)19-9-14-27(15-10-19)33(30,31)21-8-5-13-25-18-21/h2-8,13,18-19H,9-12,14-17H2,1H3. The zero-order chi connectivity index (χ0) is 23.5. The maximum atomic E-state index is 13.2. The first kappa shape index (κ1) is 23.4. The van der Waals surface area contributed by atoms with Crippen molar-refractivity contribution in [1.29, 1.82) is 0 Å². The highest BCUT2D eigenvalue weighted by Gasteiger charge is 2.45. The number of likely N-dealkylation sites (tertiary alicyclic amines) is 1. The number of amides is 1. The third-order valence-electron chi connectivity index (χ3n) is 6.91. The highest BCUT2D eigenvalue weighted by Crippen LogP contribution is 2.37. The van der Waals surface area contributed by atoms with E-state index in [1.165, 1.54) is 29.9 Å². The van der Waals surface area contributed by atoms with Crippen molar-refractivity contribution in [3.63, 3.8) is 0 Å². The molecule has 2 aromatic rings. The SMILES string of the molecule is COC(=O)C1(c2ccccc2)CCN(C(=O)C2CCN(S(=O)(=O)c3cccnc3)CC2)CC1. The average molecular weight is 472 g/mol. The van der Waals surface area contributed by atoms with E-state index in [1.807, 2.05) is 35.2 Å². The maximum Gasteiger partial charge on any atom is 0.316 e. The lowest BCUT2D eigenvalue weighted by Crippen LogP contribution is -2.52. The fraction of sp³-hybridized carbons (Fsp3) is 0.458. The number of benzene rings is 1. The molecule has 0 bridgehead atoms. The first-order chi connectivity index (χ1) is 15.9. The number of hydrogen-bond donors (Lipinski definition) is 0. The van der Waals surface area contributed by atoms with E-state index in [-0.39, 0.29) is 22.7 Å². The predicted octanol–water partition coefficient (Wildman–Crippen LogP) is 2.22. The molecule has 2 saturated heterocycles. The van der Waals surface area contributed by atoms with Gasteiger partial charge in [0, 0.05) is 44.5 Å². The zero-order valence-electron chi connectivity index (χ0n) is 18.7. The summed E-state index contributed by atoms with van der Waals surface area (Å²) in [5, 5.41) is 0. The Balaban J connectivity index is 1.38. The van der Waals surface area contributed by atoms with Crippen LogP contribution in [-0.2, 0) is 29.8 Å². The van der Waals surface area contributed by atoms with Crippen LogP contribution in [0.2, 0.25) is 0 Å². The van der Waals surface area contributed by atoms with Crippen LogP contribution in [0.1, 0.15) is 31.2 Å². The van der Waals surface area contributed by atoms with Gasteiger partial charge in [-0.1, -0.05) is 30.3 Å². The Labute approximate surface area is 194 Å². The Morgan fingerprint density at radius 2 is 1.67 bits per heavy atom. The monoisotopic (exact) mass is 471 g/mol. The number of esters is 1. The van der Waals surface area contributed by atoms with Gasteiger partial charge in [0.15, 0.2) is 0 Å². The summed E-state index contributed by atoms with van der Waals surface area (Å²) in [5.74, 6) is -0.442. The first-order valence-corrected chi connectivity index (χ1v) is 12.7. The lowest BCUT2D eigenvalue weighted by molar-refractivity contribution is -0.152. The maximum absolute atomic E-state index is 13.2. The van der Waals surface area contributed by atoms with Crippen molar-refractivity contribution in [1.82, 2.24) is 14.2 Å². The highest BCUT2D eigenvalue weighted by atomic mass is 32.2. The van der Waals surface area contributed by atoms with Crippen LogP contribution in [0.5, 0.6) is 0 Å². The molecule has 0 N–H and O–H groups in total. The minimum atomic E-state index is -3.60. The van der Waals surface area contributed by atoms with Crippen LogP contribution in [0.25, 0.3) is 0 Å². The normalized spacial score (nSPS) is 19.7. The van der Waals surface area contributed by atoms with E-state index < -0.39 is 15.4 Å². The van der Waals surface area contributed by atoms with Gasteiger partial charge in [-0.15, -0.1) is 0 Å². The van der Waals surface area contributed by atoms with Crippen molar-refractivity contribution in [3.05, 3.63) is 60.4 Å². The molecule has 176 valence electrons. The van der Waals surface area contributed by atoms with Crippen LogP contribution in [0, 0.1) is 5.92 Å². The average Bonchev–Trinajstić information content (AvgIpc) is 2.89. The summed E-state index contributed by atoms with van der Waals surface area (Å²) in [4.78, 5) is 31.8. The number of piperidine rings is 2. The number of sulfonamides is 1. The Morgan fingerprint density at radius 1 is 1.00 bits per heavy atom. The van der Waals surface area contributed by atoms with E-state index in [4.69, 9.17) is 4.74 Å². The molecular weight excluding hydrogens is 442 g/mol. The van der Waals surface area contributed by atoms with Crippen molar-refractivity contribution in [2.75, 3.05) is 33.3 Å². The molecule has 0 unspecified atom stereocenters. The number of ether oxygens (including phenoxy) is 1. The minimum Gasteiger partial charge on any atom is -0.468 e. The second-order valence-electron chi connectivity index (χ2n) is 8.63. The molecule has 0 atom stereocenters. The Bertz CT molecular complexity index is 1080. The molecule has 1 aromatic heterocycles. The van der Waals surface area contributed by atoms with Gasteiger partial charge in [0.05, 0.1) is 12.5 Å².